The molecule has 3 aliphatic rings. The molecule has 0 N–H and O–H groups in total. The van der Waals surface area contributed by atoms with E-state index in [0.717, 1.165) is 61.5 Å². The normalized spacial score (nSPS) is 23.7. The van der Waals surface area contributed by atoms with Gasteiger partial charge in [-0.3, -0.25) is 9.80 Å². The van der Waals surface area contributed by atoms with Gasteiger partial charge in [0.1, 0.15) is 13.2 Å². The Bertz CT molecular complexity index is 1030. The molecule has 8 heteroatoms. The Morgan fingerprint density at radius 1 is 0.395 bits per heavy atom. The minimum atomic E-state index is 0.549. The van der Waals surface area contributed by atoms with Crippen LogP contribution < -0.4 is 9.47 Å². The summed E-state index contributed by atoms with van der Waals surface area (Å²) in [6.45, 7) is 10.9. The van der Waals surface area contributed by atoms with Crippen molar-refractivity contribution in [2.45, 2.75) is 0 Å². The van der Waals surface area contributed by atoms with Crippen LogP contribution in [0.15, 0.2) is 48.5 Å². The highest BCUT2D eigenvalue weighted by atomic mass is 16.5. The summed E-state index contributed by atoms with van der Waals surface area (Å²) in [4.78, 5) is 4.64. The first-order valence-corrected chi connectivity index (χ1v) is 13.8. The molecule has 0 spiro atoms. The lowest BCUT2D eigenvalue weighted by molar-refractivity contribution is 0.00507. The molecule has 0 unspecified atom stereocenters. The minimum Gasteiger partial charge on any atom is -0.488 e. The van der Waals surface area contributed by atoms with Crippen molar-refractivity contribution >= 4 is 21.5 Å². The second kappa shape index (κ2) is 14.6. The van der Waals surface area contributed by atoms with Gasteiger partial charge in [-0.15, -0.1) is 0 Å². The Kier molecular flexibility index (Phi) is 10.4. The van der Waals surface area contributed by atoms with Gasteiger partial charge in [0.15, 0.2) is 11.5 Å². The van der Waals surface area contributed by atoms with Gasteiger partial charge in [-0.25, -0.2) is 0 Å². The van der Waals surface area contributed by atoms with Crippen LogP contribution in [0.3, 0.4) is 0 Å². The molecule has 1 saturated heterocycles. The molecule has 38 heavy (non-hydrogen) atoms. The first kappa shape index (κ1) is 27.1. The molecule has 0 radical (unpaired) electrons. The number of ether oxygens (including phenoxy) is 6. The summed E-state index contributed by atoms with van der Waals surface area (Å²) in [6.07, 6.45) is 0. The maximum absolute atomic E-state index is 6.37. The van der Waals surface area contributed by atoms with Crippen molar-refractivity contribution in [1.29, 1.82) is 0 Å². The van der Waals surface area contributed by atoms with Gasteiger partial charge >= 0.3 is 0 Å². The van der Waals surface area contributed by atoms with E-state index in [1.807, 2.05) is 0 Å². The average molecular weight is 525 g/mol. The predicted molar refractivity (Wildman–Crippen MR) is 149 cm³/mol. The Morgan fingerprint density at radius 2 is 0.763 bits per heavy atom. The van der Waals surface area contributed by atoms with Crippen molar-refractivity contribution in [3.63, 3.8) is 0 Å². The highest BCUT2D eigenvalue weighted by molar-refractivity contribution is 5.99. The Labute approximate surface area is 225 Å². The van der Waals surface area contributed by atoms with E-state index >= 15 is 0 Å². The van der Waals surface area contributed by atoms with Crippen molar-refractivity contribution in [3.8, 4) is 11.5 Å². The van der Waals surface area contributed by atoms with Gasteiger partial charge in [0.05, 0.1) is 52.9 Å². The van der Waals surface area contributed by atoms with E-state index in [-0.39, 0.29) is 0 Å². The standard InChI is InChI=1S/C30H40N2O6/c1-2-4-26-22-28-24-30-29(23-27(28)21-25(26)3-1)37-15-9-31-5-11-33-17-19-35-13-7-32(10-16-38-30)8-14-36-20-18-34-12-6-31/h1-4,21-24H,5-20H2. The number of benzene rings is 3. The van der Waals surface area contributed by atoms with Crippen LogP contribution in [0, 0.1) is 0 Å². The second-order valence-electron chi connectivity index (χ2n) is 9.68. The number of fused-ring (bicyclic) bond motifs is 20. The number of nitrogens with zero attached hydrogens (tertiary/aromatic N) is 2. The highest BCUT2D eigenvalue weighted by Gasteiger charge is 2.13. The highest BCUT2D eigenvalue weighted by Crippen LogP contribution is 2.34. The molecule has 2 bridgehead atoms. The van der Waals surface area contributed by atoms with Gasteiger partial charge < -0.3 is 28.4 Å². The summed E-state index contributed by atoms with van der Waals surface area (Å²) in [5, 5.41) is 4.72. The summed E-state index contributed by atoms with van der Waals surface area (Å²) in [5.74, 6) is 1.56. The van der Waals surface area contributed by atoms with Crippen molar-refractivity contribution in [2.24, 2.45) is 0 Å². The van der Waals surface area contributed by atoms with E-state index in [1.165, 1.54) is 10.8 Å². The molecule has 0 aromatic heterocycles. The van der Waals surface area contributed by atoms with Gasteiger partial charge in [0.2, 0.25) is 0 Å². The summed E-state index contributed by atoms with van der Waals surface area (Å²) < 4.78 is 36.1. The van der Waals surface area contributed by atoms with Crippen LogP contribution in [0.25, 0.3) is 21.5 Å². The molecule has 6 rings (SSSR count). The summed E-state index contributed by atoms with van der Waals surface area (Å²) >= 11 is 0. The molecule has 0 saturated carbocycles. The van der Waals surface area contributed by atoms with Crippen LogP contribution in [0.2, 0.25) is 0 Å². The largest absolute Gasteiger partial charge is 0.488 e. The zero-order valence-electron chi connectivity index (χ0n) is 22.3. The first-order valence-electron chi connectivity index (χ1n) is 13.8. The average Bonchev–Trinajstić information content (AvgIpc) is 2.93. The molecule has 3 heterocycles. The fourth-order valence-corrected chi connectivity index (χ4v) is 4.83. The second-order valence-corrected chi connectivity index (χ2v) is 9.68. The van der Waals surface area contributed by atoms with E-state index in [0.29, 0.717) is 66.1 Å². The fraction of sp³-hybridized carbons (Fsp3) is 0.533. The van der Waals surface area contributed by atoms with Crippen molar-refractivity contribution in [3.05, 3.63) is 48.5 Å². The van der Waals surface area contributed by atoms with E-state index in [9.17, 15) is 0 Å². The molecule has 0 atom stereocenters. The molecular formula is C30H40N2O6. The lowest BCUT2D eigenvalue weighted by Gasteiger charge is -2.25. The minimum absolute atomic E-state index is 0.549. The Hall–Kier alpha value is -2.46. The molecule has 3 aliphatic heterocycles. The van der Waals surface area contributed by atoms with E-state index < -0.39 is 0 Å². The molecule has 206 valence electrons. The number of hydrogen-bond donors (Lipinski definition) is 0. The number of rotatable bonds is 0. The molecule has 0 aliphatic carbocycles. The van der Waals surface area contributed by atoms with Gasteiger partial charge in [-0.05, 0) is 45.8 Å². The van der Waals surface area contributed by atoms with Gasteiger partial charge in [0.25, 0.3) is 0 Å². The van der Waals surface area contributed by atoms with E-state index in [1.54, 1.807) is 0 Å². The van der Waals surface area contributed by atoms with Crippen LogP contribution in [-0.2, 0) is 18.9 Å². The lowest BCUT2D eigenvalue weighted by Crippen LogP contribution is -2.36. The maximum Gasteiger partial charge on any atom is 0.161 e. The molecule has 0 amide bonds. The molecule has 3 aromatic carbocycles. The quantitative estimate of drug-likeness (QED) is 0.415. The molecule has 1 fully saturated rings. The third-order valence-electron chi connectivity index (χ3n) is 7.05. The summed E-state index contributed by atoms with van der Waals surface area (Å²) in [7, 11) is 0. The molecule has 3 aromatic rings. The molecule has 8 nitrogen and oxygen atoms in total. The van der Waals surface area contributed by atoms with Crippen LogP contribution in [0.1, 0.15) is 0 Å². The first-order chi connectivity index (χ1) is 18.8. The maximum atomic E-state index is 6.37. The monoisotopic (exact) mass is 524 g/mol. The Morgan fingerprint density at radius 3 is 1.16 bits per heavy atom. The lowest BCUT2D eigenvalue weighted by atomic mass is 10.0. The topological polar surface area (TPSA) is 61.9 Å². The van der Waals surface area contributed by atoms with Gasteiger partial charge in [0, 0.05) is 39.3 Å². The van der Waals surface area contributed by atoms with Crippen molar-refractivity contribution < 1.29 is 28.4 Å². The SMILES string of the molecule is c1ccc2cc3cc4c(cc3cc2c1)OCCN1CCOCCOCCN(CCOCCOCC1)CCO4. The zero-order chi connectivity index (χ0) is 25.8. The zero-order valence-corrected chi connectivity index (χ0v) is 22.3. The third-order valence-corrected chi connectivity index (χ3v) is 7.05. The van der Waals surface area contributed by atoms with Gasteiger partial charge in [-0.1, -0.05) is 24.3 Å². The molecular weight excluding hydrogens is 484 g/mol. The number of hydrogen-bond acceptors (Lipinski definition) is 8. The third kappa shape index (κ3) is 8.02. The predicted octanol–water partition coefficient (Wildman–Crippen LogP) is 3.45. The van der Waals surface area contributed by atoms with E-state index in [4.69, 9.17) is 28.4 Å². The summed E-state index contributed by atoms with van der Waals surface area (Å²) in [5.41, 5.74) is 0. The summed E-state index contributed by atoms with van der Waals surface area (Å²) in [6, 6.07) is 17.1. The van der Waals surface area contributed by atoms with Crippen LogP contribution >= 0.6 is 0 Å². The van der Waals surface area contributed by atoms with Crippen LogP contribution in [0.4, 0.5) is 0 Å². The van der Waals surface area contributed by atoms with Crippen molar-refractivity contribution in [2.75, 3.05) is 105 Å². The van der Waals surface area contributed by atoms with E-state index in [2.05, 4.69) is 58.3 Å². The van der Waals surface area contributed by atoms with Crippen LogP contribution in [-0.4, -0.2) is 115 Å². The smallest absolute Gasteiger partial charge is 0.161 e. The Balaban J connectivity index is 1.40. The van der Waals surface area contributed by atoms with Crippen LogP contribution in [0.5, 0.6) is 11.5 Å². The van der Waals surface area contributed by atoms with Gasteiger partial charge in [-0.2, -0.15) is 0 Å². The fourth-order valence-electron chi connectivity index (χ4n) is 4.83. The van der Waals surface area contributed by atoms with Crippen molar-refractivity contribution in [1.82, 2.24) is 9.80 Å².